The van der Waals surface area contributed by atoms with E-state index in [1.807, 2.05) is 13.8 Å². The Morgan fingerprint density at radius 3 is 2.30 bits per heavy atom. The highest BCUT2D eigenvalue weighted by molar-refractivity contribution is 5.76. The van der Waals surface area contributed by atoms with Crippen LogP contribution in [0.1, 0.15) is 13.8 Å². The minimum absolute atomic E-state index is 0.0648. The number of rotatable bonds is 1. The second kappa shape index (κ2) is 1.76. The van der Waals surface area contributed by atoms with Crippen molar-refractivity contribution in [2.45, 2.75) is 13.8 Å². The molecule has 0 aromatic rings. The van der Waals surface area contributed by atoms with Gasteiger partial charge in [0.25, 0.3) is 0 Å². The van der Waals surface area contributed by atoms with Gasteiger partial charge in [-0.25, -0.2) is 0 Å². The molecule has 0 aromatic heterocycles. The zero-order chi connectivity index (χ0) is 7.94. The first-order valence-electron chi connectivity index (χ1n) is 3.20. The van der Waals surface area contributed by atoms with Gasteiger partial charge >= 0.3 is 5.97 Å². The minimum Gasteiger partial charge on any atom is -0.481 e. The summed E-state index contributed by atoms with van der Waals surface area (Å²) in [6, 6.07) is 0. The summed E-state index contributed by atoms with van der Waals surface area (Å²) in [5.74, 6) is 1.32. The molecule has 1 rings (SSSR count). The van der Waals surface area contributed by atoms with Gasteiger partial charge in [0.05, 0.1) is 5.92 Å². The molecule has 10 heavy (non-hydrogen) atoms. The standard InChI is InChI=1S/C8H10O2/c1-4-5-6(7(9)10)8(5,2)3/h1,5-6H,2-3H3,(H,9,10)/t5-,6+/m0/s1. The van der Waals surface area contributed by atoms with E-state index in [0.717, 1.165) is 0 Å². The molecular weight excluding hydrogens is 128 g/mol. The van der Waals surface area contributed by atoms with Gasteiger partial charge in [0.2, 0.25) is 0 Å². The van der Waals surface area contributed by atoms with Crippen LogP contribution in [0, 0.1) is 29.6 Å². The lowest BCUT2D eigenvalue weighted by Gasteiger charge is -1.94. The molecule has 2 nitrogen and oxygen atoms in total. The zero-order valence-electron chi connectivity index (χ0n) is 6.09. The minimum atomic E-state index is -0.770. The van der Waals surface area contributed by atoms with Crippen molar-refractivity contribution in [1.82, 2.24) is 0 Å². The maximum Gasteiger partial charge on any atom is 0.308 e. The van der Waals surface area contributed by atoms with Crippen LogP contribution in [-0.2, 0) is 4.79 Å². The van der Waals surface area contributed by atoms with E-state index in [4.69, 9.17) is 11.5 Å². The Labute approximate surface area is 60.2 Å². The summed E-state index contributed by atoms with van der Waals surface area (Å²) in [7, 11) is 0. The van der Waals surface area contributed by atoms with Gasteiger partial charge in [-0.3, -0.25) is 4.79 Å². The summed E-state index contributed by atoms with van der Waals surface area (Å²) >= 11 is 0. The second-order valence-electron chi connectivity index (χ2n) is 3.28. The summed E-state index contributed by atoms with van der Waals surface area (Å²) in [5, 5.41) is 8.59. The van der Waals surface area contributed by atoms with Crippen molar-refractivity contribution >= 4 is 5.97 Å². The molecule has 0 radical (unpaired) electrons. The molecular formula is C8H10O2. The van der Waals surface area contributed by atoms with Crippen LogP contribution in [0.5, 0.6) is 0 Å². The molecule has 2 heteroatoms. The maximum absolute atomic E-state index is 10.5. The van der Waals surface area contributed by atoms with Crippen molar-refractivity contribution in [3.63, 3.8) is 0 Å². The maximum atomic E-state index is 10.5. The van der Waals surface area contributed by atoms with Crippen LogP contribution >= 0.6 is 0 Å². The smallest absolute Gasteiger partial charge is 0.308 e. The molecule has 0 aliphatic heterocycles. The van der Waals surface area contributed by atoms with Crippen molar-refractivity contribution in [3.8, 4) is 12.3 Å². The van der Waals surface area contributed by atoms with Crippen molar-refractivity contribution < 1.29 is 9.90 Å². The first-order valence-corrected chi connectivity index (χ1v) is 3.20. The third-order valence-electron chi connectivity index (χ3n) is 2.27. The third kappa shape index (κ3) is 0.706. The molecule has 1 saturated carbocycles. The Hall–Kier alpha value is -0.970. The summed E-state index contributed by atoms with van der Waals surface area (Å²) in [4.78, 5) is 10.5. The Balaban J connectivity index is 2.73. The van der Waals surface area contributed by atoms with Crippen LogP contribution in [0.15, 0.2) is 0 Å². The quantitative estimate of drug-likeness (QED) is 0.548. The van der Waals surface area contributed by atoms with E-state index in [1.165, 1.54) is 0 Å². The van der Waals surface area contributed by atoms with Crippen LogP contribution in [0.2, 0.25) is 0 Å². The summed E-state index contributed by atoms with van der Waals surface area (Å²) in [5.41, 5.74) is -0.180. The van der Waals surface area contributed by atoms with Gasteiger partial charge < -0.3 is 5.11 Å². The highest BCUT2D eigenvalue weighted by atomic mass is 16.4. The van der Waals surface area contributed by atoms with E-state index in [1.54, 1.807) is 0 Å². The van der Waals surface area contributed by atoms with Gasteiger partial charge in [-0.05, 0) is 5.41 Å². The van der Waals surface area contributed by atoms with Gasteiger partial charge in [-0.2, -0.15) is 0 Å². The number of hydrogen-bond donors (Lipinski definition) is 1. The summed E-state index contributed by atoms with van der Waals surface area (Å²) < 4.78 is 0. The fourth-order valence-electron chi connectivity index (χ4n) is 1.41. The van der Waals surface area contributed by atoms with Crippen molar-refractivity contribution in [2.75, 3.05) is 0 Å². The molecule has 0 heterocycles. The zero-order valence-corrected chi connectivity index (χ0v) is 6.09. The van der Waals surface area contributed by atoms with Crippen LogP contribution < -0.4 is 0 Å². The predicted octanol–water partition coefficient (Wildman–Crippen LogP) is 0.976. The Morgan fingerprint density at radius 2 is 2.20 bits per heavy atom. The van der Waals surface area contributed by atoms with Gasteiger partial charge in [0.1, 0.15) is 0 Å². The summed E-state index contributed by atoms with van der Waals surface area (Å²) in [6.07, 6.45) is 5.12. The van der Waals surface area contributed by atoms with Gasteiger partial charge in [0.15, 0.2) is 0 Å². The molecule has 1 N–H and O–H groups in total. The molecule has 0 unspecified atom stereocenters. The number of aliphatic carboxylic acids is 1. The molecule has 2 atom stereocenters. The largest absolute Gasteiger partial charge is 0.481 e. The van der Waals surface area contributed by atoms with E-state index in [0.29, 0.717) is 0 Å². The Kier molecular flexibility index (Phi) is 1.25. The van der Waals surface area contributed by atoms with E-state index < -0.39 is 5.97 Å². The molecule has 0 saturated heterocycles. The Morgan fingerprint density at radius 1 is 1.70 bits per heavy atom. The molecule has 0 spiro atoms. The average molecular weight is 138 g/mol. The Bertz CT molecular complexity index is 210. The summed E-state index contributed by atoms with van der Waals surface area (Å²) in [6.45, 7) is 3.77. The normalized spacial score (nSPS) is 34.5. The lowest BCUT2D eigenvalue weighted by Crippen LogP contribution is -2.02. The topological polar surface area (TPSA) is 37.3 Å². The molecule has 1 aliphatic rings. The molecule has 0 aromatic carbocycles. The fourth-order valence-corrected chi connectivity index (χ4v) is 1.41. The first-order chi connectivity index (χ1) is 4.51. The van der Waals surface area contributed by atoms with E-state index in [2.05, 4.69) is 5.92 Å². The van der Waals surface area contributed by atoms with Gasteiger partial charge in [-0.15, -0.1) is 12.3 Å². The van der Waals surface area contributed by atoms with Gasteiger partial charge in [-0.1, -0.05) is 13.8 Å². The number of carboxylic acids is 1. The monoisotopic (exact) mass is 138 g/mol. The SMILES string of the molecule is C#C[C@H]1[C@H](C(=O)O)C1(C)C. The average Bonchev–Trinajstić information content (AvgIpc) is 2.33. The van der Waals surface area contributed by atoms with Crippen molar-refractivity contribution in [2.24, 2.45) is 17.3 Å². The van der Waals surface area contributed by atoms with Gasteiger partial charge in [0, 0.05) is 5.92 Å². The number of hydrogen-bond acceptors (Lipinski definition) is 1. The van der Waals surface area contributed by atoms with Crippen LogP contribution in [0.3, 0.4) is 0 Å². The third-order valence-corrected chi connectivity index (χ3v) is 2.27. The van der Waals surface area contributed by atoms with E-state index in [9.17, 15) is 4.79 Å². The lowest BCUT2D eigenvalue weighted by atomic mass is 10.1. The fraction of sp³-hybridized carbons (Fsp3) is 0.625. The van der Waals surface area contributed by atoms with Crippen LogP contribution in [0.25, 0.3) is 0 Å². The lowest BCUT2D eigenvalue weighted by molar-refractivity contribution is -0.139. The first kappa shape index (κ1) is 7.14. The molecule has 0 bridgehead atoms. The van der Waals surface area contributed by atoms with Crippen molar-refractivity contribution in [1.29, 1.82) is 0 Å². The van der Waals surface area contributed by atoms with E-state index in [-0.39, 0.29) is 17.3 Å². The molecule has 1 aliphatic carbocycles. The van der Waals surface area contributed by atoms with Crippen molar-refractivity contribution in [3.05, 3.63) is 0 Å². The van der Waals surface area contributed by atoms with Crippen LogP contribution in [0.4, 0.5) is 0 Å². The van der Waals surface area contributed by atoms with E-state index >= 15 is 0 Å². The predicted molar refractivity (Wildman–Crippen MR) is 37.2 cm³/mol. The second-order valence-corrected chi connectivity index (χ2v) is 3.28. The highest BCUT2D eigenvalue weighted by Crippen LogP contribution is 2.57. The number of carboxylic acid groups (broad SMARTS) is 1. The van der Waals surface area contributed by atoms with Crippen LogP contribution in [-0.4, -0.2) is 11.1 Å². The number of carbonyl (C=O) groups is 1. The highest BCUT2D eigenvalue weighted by Gasteiger charge is 2.61. The number of terminal acetylenes is 1. The molecule has 0 amide bonds. The molecule has 54 valence electrons. The molecule has 1 fully saturated rings.